The second-order valence-electron chi connectivity index (χ2n) is 4.19. The van der Waals surface area contributed by atoms with Crippen LogP contribution in [0.3, 0.4) is 0 Å². The topological polar surface area (TPSA) is 98.7 Å². The first-order valence-electron chi connectivity index (χ1n) is 6.68. The predicted molar refractivity (Wildman–Crippen MR) is 104 cm³/mol. The van der Waals surface area contributed by atoms with Gasteiger partial charge < -0.3 is 20.8 Å². The van der Waals surface area contributed by atoms with Gasteiger partial charge in [0.05, 0.1) is 0 Å². The Balaban J connectivity index is -0.0000000662. The van der Waals surface area contributed by atoms with Crippen molar-refractivity contribution in [3.8, 4) is 0 Å². The van der Waals surface area contributed by atoms with Crippen LogP contribution in [0.25, 0.3) is 0 Å². The molecule has 0 aromatic heterocycles. The highest BCUT2D eigenvalue weighted by Gasteiger charge is 1.91. The van der Waals surface area contributed by atoms with Gasteiger partial charge in [-0.2, -0.15) is 0 Å². The summed E-state index contributed by atoms with van der Waals surface area (Å²) in [6.07, 6.45) is 0. The molecule has 0 bridgehead atoms. The van der Waals surface area contributed by atoms with Crippen molar-refractivity contribution < 1.29 is 19.8 Å². The number of aryl methyl sites for hydroxylation is 1. The van der Waals surface area contributed by atoms with Crippen LogP contribution in [0.5, 0.6) is 0 Å². The van der Waals surface area contributed by atoms with Crippen LogP contribution in [0.2, 0.25) is 0 Å². The average Bonchev–Trinajstić information content (AvgIpc) is 2.41. The molecule has 0 saturated carbocycles. The van der Waals surface area contributed by atoms with Gasteiger partial charge in [0.25, 0.3) is 11.9 Å². The Bertz CT molecular complexity index is 335. The highest BCUT2D eigenvalue weighted by molar-refractivity contribution is 5.63. The summed E-state index contributed by atoms with van der Waals surface area (Å²) in [4.78, 5) is 18.0. The van der Waals surface area contributed by atoms with Gasteiger partial charge in [-0.15, -0.1) is 0 Å². The minimum atomic E-state index is -0.833. The molecular weight excluding hydrogens is 308 g/mol. The third-order valence-corrected chi connectivity index (χ3v) is 1.90. The Morgan fingerprint density at radius 1 is 0.792 bits per heavy atom. The van der Waals surface area contributed by atoms with Crippen molar-refractivity contribution >= 4 is 11.9 Å². The molecule has 6 heteroatoms. The molecule has 1 aliphatic heterocycles. The molecule has 4 N–H and O–H groups in total. The van der Waals surface area contributed by atoms with E-state index in [1.165, 1.54) is 5.56 Å². The van der Waals surface area contributed by atoms with Gasteiger partial charge in [-0.1, -0.05) is 58.2 Å². The highest BCUT2D eigenvalue weighted by atomic mass is 16.4. The van der Waals surface area contributed by atoms with Crippen molar-refractivity contribution in [2.75, 3.05) is 26.2 Å². The molecule has 24 heavy (non-hydrogen) atoms. The summed E-state index contributed by atoms with van der Waals surface area (Å²) in [5.41, 5.74) is 1.32. The summed E-state index contributed by atoms with van der Waals surface area (Å²) in [6.45, 7) is 8.81. The second kappa shape index (κ2) is 26.0. The monoisotopic (exact) mass is 346 g/mol. The largest absolute Gasteiger partial charge is 0.481 e. The third kappa shape index (κ3) is 50.1. The fourth-order valence-electron chi connectivity index (χ4n) is 1.14. The molecule has 0 radical (unpaired) electrons. The number of aliphatic carboxylic acids is 2. The summed E-state index contributed by atoms with van der Waals surface area (Å²) >= 11 is 0. The number of carboxylic acid groups (broad SMARTS) is 2. The zero-order valence-electron chi connectivity index (χ0n) is 12.9. The molecule has 0 atom stereocenters. The number of benzene rings is 1. The molecule has 0 aliphatic carbocycles. The number of rotatable bonds is 0. The van der Waals surface area contributed by atoms with Crippen LogP contribution in [0.1, 0.15) is 41.7 Å². The minimum Gasteiger partial charge on any atom is -0.481 e. The normalized spacial score (nSPS) is 10.6. The molecule has 1 aromatic rings. The second-order valence-corrected chi connectivity index (χ2v) is 4.19. The zero-order chi connectivity index (χ0) is 16.5. The Morgan fingerprint density at radius 3 is 1.17 bits per heavy atom. The van der Waals surface area contributed by atoms with Gasteiger partial charge >= 0.3 is 0 Å². The van der Waals surface area contributed by atoms with Crippen LogP contribution in [0.4, 0.5) is 0 Å². The van der Waals surface area contributed by atoms with E-state index < -0.39 is 11.9 Å². The highest BCUT2D eigenvalue weighted by Crippen LogP contribution is 1.92. The van der Waals surface area contributed by atoms with Crippen molar-refractivity contribution in [3.05, 3.63) is 35.9 Å². The van der Waals surface area contributed by atoms with Crippen LogP contribution in [0, 0.1) is 6.92 Å². The van der Waals surface area contributed by atoms with Gasteiger partial charge in [0, 0.05) is 40.0 Å². The first kappa shape index (κ1) is 33.6. The molecular formula is C18H38N2O4. The van der Waals surface area contributed by atoms with E-state index in [9.17, 15) is 0 Å². The quantitative estimate of drug-likeness (QED) is 0.575. The number of hydrogen-bond donors (Lipinski definition) is 4. The zero-order valence-corrected chi connectivity index (χ0v) is 12.9. The molecule has 144 valence electrons. The fraction of sp³-hybridized carbons (Fsp3) is 0.556. The van der Waals surface area contributed by atoms with E-state index in [0.717, 1.165) is 40.0 Å². The molecule has 1 fully saturated rings. The van der Waals surface area contributed by atoms with E-state index >= 15 is 0 Å². The minimum absolute atomic E-state index is 0. The lowest BCUT2D eigenvalue weighted by Crippen LogP contribution is -2.39. The maximum Gasteiger partial charge on any atom is 0.300 e. The summed E-state index contributed by atoms with van der Waals surface area (Å²) in [5, 5.41) is 21.3. The first-order chi connectivity index (χ1) is 9.86. The van der Waals surface area contributed by atoms with E-state index in [1.807, 2.05) is 18.2 Å². The van der Waals surface area contributed by atoms with Crippen LogP contribution in [-0.4, -0.2) is 48.3 Å². The van der Waals surface area contributed by atoms with Crippen LogP contribution >= 0.6 is 0 Å². The lowest BCUT2D eigenvalue weighted by molar-refractivity contribution is -0.135. The first-order valence-corrected chi connectivity index (χ1v) is 6.68. The third-order valence-electron chi connectivity index (χ3n) is 1.90. The van der Waals surface area contributed by atoms with E-state index in [1.54, 1.807) is 0 Å². The van der Waals surface area contributed by atoms with E-state index in [-0.39, 0.29) is 22.3 Å². The van der Waals surface area contributed by atoms with Crippen LogP contribution in [-0.2, 0) is 9.59 Å². The van der Waals surface area contributed by atoms with Gasteiger partial charge in [0.2, 0.25) is 0 Å². The van der Waals surface area contributed by atoms with Crippen molar-refractivity contribution in [2.24, 2.45) is 0 Å². The maximum absolute atomic E-state index is 9.00. The summed E-state index contributed by atoms with van der Waals surface area (Å²) < 4.78 is 0. The Labute approximate surface area is 148 Å². The predicted octanol–water partition coefficient (Wildman–Crippen LogP) is 3.26. The molecule has 1 saturated heterocycles. The number of nitrogens with one attached hydrogen (secondary N) is 2. The standard InChI is InChI=1S/C7H8.C4H10N2.2C2H4O2.3CH4/c1-7-5-3-2-4-6-7;1-2-6-4-3-5-1;2*1-2(3)4;;;/h2-6H,1H3;5-6H,1-4H2;2*1H3,(H,3,4);3*1H4. The molecule has 0 unspecified atom stereocenters. The number of carboxylic acids is 2. The molecule has 2 rings (SSSR count). The smallest absolute Gasteiger partial charge is 0.300 e. The van der Waals surface area contributed by atoms with E-state index in [2.05, 4.69) is 29.7 Å². The number of hydrogen-bond acceptors (Lipinski definition) is 4. The Morgan fingerprint density at radius 2 is 1.04 bits per heavy atom. The lowest BCUT2D eigenvalue weighted by atomic mass is 10.2. The van der Waals surface area contributed by atoms with E-state index in [4.69, 9.17) is 19.8 Å². The average molecular weight is 347 g/mol. The molecule has 0 spiro atoms. The summed E-state index contributed by atoms with van der Waals surface area (Å²) in [6, 6.07) is 10.3. The maximum atomic E-state index is 9.00. The van der Waals surface area contributed by atoms with Crippen molar-refractivity contribution in [1.82, 2.24) is 10.6 Å². The lowest BCUT2D eigenvalue weighted by Gasteiger charge is -2.11. The van der Waals surface area contributed by atoms with Gasteiger partial charge in [-0.3, -0.25) is 9.59 Å². The van der Waals surface area contributed by atoms with E-state index in [0.29, 0.717) is 0 Å². The fourth-order valence-corrected chi connectivity index (χ4v) is 1.14. The molecule has 0 amide bonds. The van der Waals surface area contributed by atoms with Gasteiger partial charge in [0.1, 0.15) is 0 Å². The SMILES string of the molecule is C.C.C.C1CNCCN1.CC(=O)O.CC(=O)O.Cc1ccccc1. The molecule has 1 aromatic carbocycles. The van der Waals surface area contributed by atoms with Crippen LogP contribution in [0.15, 0.2) is 30.3 Å². The van der Waals surface area contributed by atoms with Crippen LogP contribution < -0.4 is 10.6 Å². The van der Waals surface area contributed by atoms with Crippen molar-refractivity contribution in [2.45, 2.75) is 43.1 Å². The van der Waals surface area contributed by atoms with Crippen molar-refractivity contribution in [3.63, 3.8) is 0 Å². The Hall–Kier alpha value is -1.92. The van der Waals surface area contributed by atoms with Gasteiger partial charge in [-0.25, -0.2) is 0 Å². The number of carbonyl (C=O) groups is 2. The van der Waals surface area contributed by atoms with Gasteiger partial charge in [-0.05, 0) is 6.92 Å². The summed E-state index contributed by atoms with van der Waals surface area (Å²) in [7, 11) is 0. The Kier molecular flexibility index (Phi) is 36.4. The summed E-state index contributed by atoms with van der Waals surface area (Å²) in [5.74, 6) is -1.67. The molecule has 6 nitrogen and oxygen atoms in total. The molecule has 1 aliphatic rings. The number of piperazine rings is 1. The van der Waals surface area contributed by atoms with Crippen molar-refractivity contribution in [1.29, 1.82) is 0 Å². The molecule has 1 heterocycles. The van der Waals surface area contributed by atoms with Gasteiger partial charge in [0.15, 0.2) is 0 Å².